The predicted octanol–water partition coefficient (Wildman–Crippen LogP) is 4.47. The van der Waals surface area contributed by atoms with Crippen molar-refractivity contribution in [2.45, 2.75) is 51.4 Å². The molecular formula is C20H26N4. The fourth-order valence-corrected chi connectivity index (χ4v) is 3.49. The van der Waals surface area contributed by atoms with Crippen LogP contribution in [0.25, 0.3) is 0 Å². The van der Waals surface area contributed by atoms with Crippen molar-refractivity contribution < 1.29 is 0 Å². The molecule has 0 spiro atoms. The SMILES string of the molecule is CCCCC(c1ccccc1)C(C#N)/C(=N/C#N)N1CCCCC1. The molecule has 0 amide bonds. The van der Waals surface area contributed by atoms with Gasteiger partial charge in [0.2, 0.25) is 6.19 Å². The Morgan fingerprint density at radius 3 is 2.46 bits per heavy atom. The summed E-state index contributed by atoms with van der Waals surface area (Å²) in [4.78, 5) is 6.25. The van der Waals surface area contributed by atoms with Crippen LogP contribution in [0.15, 0.2) is 35.3 Å². The molecule has 4 nitrogen and oxygen atoms in total. The van der Waals surface area contributed by atoms with Crippen molar-refractivity contribution >= 4 is 5.84 Å². The van der Waals surface area contributed by atoms with E-state index in [9.17, 15) is 5.26 Å². The summed E-state index contributed by atoms with van der Waals surface area (Å²) in [6.07, 6.45) is 8.46. The zero-order valence-corrected chi connectivity index (χ0v) is 14.5. The molecule has 4 heteroatoms. The lowest BCUT2D eigenvalue weighted by Crippen LogP contribution is -2.41. The van der Waals surface area contributed by atoms with Gasteiger partial charge in [0.25, 0.3) is 0 Å². The maximum Gasteiger partial charge on any atom is 0.207 e. The smallest absolute Gasteiger partial charge is 0.207 e. The van der Waals surface area contributed by atoms with E-state index in [2.05, 4.69) is 35.0 Å². The highest BCUT2D eigenvalue weighted by atomic mass is 15.2. The molecule has 1 fully saturated rings. The fraction of sp³-hybridized carbons (Fsp3) is 0.550. The van der Waals surface area contributed by atoms with E-state index in [-0.39, 0.29) is 11.8 Å². The van der Waals surface area contributed by atoms with Crippen molar-refractivity contribution in [3.8, 4) is 12.3 Å². The van der Waals surface area contributed by atoms with Crippen molar-refractivity contribution in [2.75, 3.05) is 13.1 Å². The molecule has 0 radical (unpaired) electrons. The zero-order valence-electron chi connectivity index (χ0n) is 14.5. The van der Waals surface area contributed by atoms with E-state index >= 15 is 0 Å². The normalized spacial score (nSPS) is 17.6. The highest BCUT2D eigenvalue weighted by Gasteiger charge is 2.31. The molecule has 1 aromatic rings. The van der Waals surface area contributed by atoms with E-state index in [0.717, 1.165) is 45.2 Å². The van der Waals surface area contributed by atoms with Crippen molar-refractivity contribution in [3.05, 3.63) is 35.9 Å². The molecule has 126 valence electrons. The van der Waals surface area contributed by atoms with Gasteiger partial charge in [-0.1, -0.05) is 50.1 Å². The van der Waals surface area contributed by atoms with Crippen LogP contribution in [-0.4, -0.2) is 23.8 Å². The second kappa shape index (κ2) is 9.73. The first-order valence-electron chi connectivity index (χ1n) is 8.98. The molecule has 1 aliphatic rings. The molecule has 0 saturated carbocycles. The third kappa shape index (κ3) is 4.59. The van der Waals surface area contributed by atoms with Crippen LogP contribution in [-0.2, 0) is 0 Å². The third-order valence-electron chi connectivity index (χ3n) is 4.76. The van der Waals surface area contributed by atoms with Gasteiger partial charge in [0.15, 0.2) is 0 Å². The van der Waals surface area contributed by atoms with Gasteiger partial charge in [-0.25, -0.2) is 0 Å². The van der Waals surface area contributed by atoms with E-state index in [1.807, 2.05) is 24.4 Å². The van der Waals surface area contributed by atoms with Gasteiger partial charge >= 0.3 is 0 Å². The fourth-order valence-electron chi connectivity index (χ4n) is 3.49. The zero-order chi connectivity index (χ0) is 17.2. The van der Waals surface area contributed by atoms with Gasteiger partial charge in [-0.3, -0.25) is 0 Å². The molecule has 1 heterocycles. The van der Waals surface area contributed by atoms with E-state index in [0.29, 0.717) is 5.84 Å². The quantitative estimate of drug-likeness (QED) is 0.441. The second-order valence-corrected chi connectivity index (χ2v) is 6.38. The molecule has 0 bridgehead atoms. The summed E-state index contributed by atoms with van der Waals surface area (Å²) in [6, 6.07) is 12.7. The van der Waals surface area contributed by atoms with Gasteiger partial charge in [0.05, 0.1) is 6.07 Å². The topological polar surface area (TPSA) is 63.2 Å². The Kier molecular flexibility index (Phi) is 7.30. The molecule has 2 rings (SSSR count). The molecule has 1 aliphatic heterocycles. The number of unbranched alkanes of at least 4 members (excludes halogenated alkanes) is 1. The monoisotopic (exact) mass is 322 g/mol. The standard InChI is InChI=1S/C20H26N4/c1-2-3-12-18(17-10-6-4-7-11-17)19(15-21)20(23-16-22)24-13-8-5-9-14-24/h4,6-7,10-11,18-19H,2-3,5,8-9,12-14H2,1H3/b23-20-. The summed E-state index contributed by atoms with van der Waals surface area (Å²) >= 11 is 0. The molecule has 2 unspecified atom stereocenters. The van der Waals surface area contributed by atoms with Crippen LogP contribution in [0.3, 0.4) is 0 Å². The molecule has 2 atom stereocenters. The molecule has 0 aromatic heterocycles. The Morgan fingerprint density at radius 2 is 1.88 bits per heavy atom. The number of nitrogens with zero attached hydrogens (tertiary/aromatic N) is 4. The summed E-state index contributed by atoms with van der Waals surface area (Å²) in [5.41, 5.74) is 1.17. The Bertz CT molecular complexity index is 603. The molecule has 0 aliphatic carbocycles. The lowest BCUT2D eigenvalue weighted by atomic mass is 9.81. The number of likely N-dealkylation sites (tertiary alicyclic amines) is 1. The van der Waals surface area contributed by atoms with Crippen LogP contribution in [0.5, 0.6) is 0 Å². The van der Waals surface area contributed by atoms with Crippen LogP contribution >= 0.6 is 0 Å². The lowest BCUT2D eigenvalue weighted by molar-refractivity contribution is 0.325. The first-order chi connectivity index (χ1) is 11.8. The minimum Gasteiger partial charge on any atom is -0.358 e. The maximum absolute atomic E-state index is 9.92. The first kappa shape index (κ1) is 18.0. The van der Waals surface area contributed by atoms with Gasteiger partial charge in [-0.2, -0.15) is 15.5 Å². The van der Waals surface area contributed by atoms with E-state index in [1.54, 1.807) is 0 Å². The highest BCUT2D eigenvalue weighted by molar-refractivity contribution is 5.88. The minimum absolute atomic E-state index is 0.0881. The number of hydrogen-bond donors (Lipinski definition) is 0. The van der Waals surface area contributed by atoms with E-state index < -0.39 is 0 Å². The summed E-state index contributed by atoms with van der Waals surface area (Å²) < 4.78 is 0. The lowest BCUT2D eigenvalue weighted by Gasteiger charge is -2.34. The molecular weight excluding hydrogens is 296 g/mol. The number of amidine groups is 1. The summed E-state index contributed by atoms with van der Waals surface area (Å²) in [5, 5.41) is 19.1. The highest BCUT2D eigenvalue weighted by Crippen LogP contribution is 2.32. The van der Waals surface area contributed by atoms with Crippen LogP contribution in [0.4, 0.5) is 0 Å². The molecule has 1 saturated heterocycles. The summed E-state index contributed by atoms with van der Waals surface area (Å²) in [5.74, 6) is 0.395. The summed E-state index contributed by atoms with van der Waals surface area (Å²) in [6.45, 7) is 3.96. The van der Waals surface area contributed by atoms with Gasteiger partial charge in [0.1, 0.15) is 11.8 Å². The summed E-state index contributed by atoms with van der Waals surface area (Å²) in [7, 11) is 0. The minimum atomic E-state index is -0.364. The molecule has 1 aromatic carbocycles. The number of benzene rings is 1. The first-order valence-corrected chi connectivity index (χ1v) is 8.98. The van der Waals surface area contributed by atoms with Crippen LogP contribution in [0.1, 0.15) is 56.9 Å². The Morgan fingerprint density at radius 1 is 1.17 bits per heavy atom. The molecule has 24 heavy (non-hydrogen) atoms. The van der Waals surface area contributed by atoms with Crippen molar-refractivity contribution in [2.24, 2.45) is 10.9 Å². The van der Waals surface area contributed by atoms with E-state index in [1.165, 1.54) is 12.0 Å². The van der Waals surface area contributed by atoms with Crippen molar-refractivity contribution in [3.63, 3.8) is 0 Å². The number of hydrogen-bond acceptors (Lipinski definition) is 3. The van der Waals surface area contributed by atoms with Gasteiger partial charge in [-0.15, -0.1) is 0 Å². The van der Waals surface area contributed by atoms with Crippen LogP contribution in [0, 0.1) is 28.7 Å². The number of piperidine rings is 1. The van der Waals surface area contributed by atoms with E-state index in [4.69, 9.17) is 5.26 Å². The third-order valence-corrected chi connectivity index (χ3v) is 4.76. The predicted molar refractivity (Wildman–Crippen MR) is 96.3 cm³/mol. The number of nitriles is 2. The molecule has 0 N–H and O–H groups in total. The average Bonchev–Trinajstić information content (AvgIpc) is 2.65. The van der Waals surface area contributed by atoms with Gasteiger partial charge < -0.3 is 4.90 Å². The largest absolute Gasteiger partial charge is 0.358 e. The Hall–Kier alpha value is -2.33. The number of rotatable bonds is 6. The van der Waals surface area contributed by atoms with Crippen LogP contribution in [0.2, 0.25) is 0 Å². The average molecular weight is 322 g/mol. The maximum atomic E-state index is 9.92. The Labute approximate surface area is 145 Å². The number of aliphatic imine (C=N–C) groups is 1. The van der Waals surface area contributed by atoms with Crippen molar-refractivity contribution in [1.82, 2.24) is 4.90 Å². The van der Waals surface area contributed by atoms with Gasteiger partial charge in [0, 0.05) is 19.0 Å². The van der Waals surface area contributed by atoms with Gasteiger partial charge in [-0.05, 0) is 31.2 Å². The van der Waals surface area contributed by atoms with Crippen LogP contribution < -0.4 is 0 Å². The Balaban J connectivity index is 2.33. The second-order valence-electron chi connectivity index (χ2n) is 6.38. The van der Waals surface area contributed by atoms with Crippen molar-refractivity contribution in [1.29, 1.82) is 10.5 Å².